The van der Waals surface area contributed by atoms with Crippen LogP contribution in [0.1, 0.15) is 44.8 Å². The molecule has 5 rings (SSSR count). The van der Waals surface area contributed by atoms with Crippen molar-refractivity contribution >= 4 is 17.5 Å². The highest BCUT2D eigenvalue weighted by atomic mass is 16.2. The first-order valence-corrected chi connectivity index (χ1v) is 10.2. The van der Waals surface area contributed by atoms with Crippen molar-refractivity contribution in [2.24, 2.45) is 5.92 Å². The smallest absolute Gasteiger partial charge is 0.261 e. The second-order valence-corrected chi connectivity index (χ2v) is 8.17. The second-order valence-electron chi connectivity index (χ2n) is 8.17. The quantitative estimate of drug-likeness (QED) is 0.645. The molecule has 4 heterocycles. The first kappa shape index (κ1) is 18.1. The third-order valence-corrected chi connectivity index (χ3v) is 6.16. The van der Waals surface area contributed by atoms with Crippen LogP contribution in [0.25, 0.3) is 5.65 Å². The molecule has 1 fully saturated rings. The molecule has 2 aromatic heterocycles. The molecule has 2 amide bonds. The van der Waals surface area contributed by atoms with Crippen LogP contribution < -0.4 is 0 Å². The highest BCUT2D eigenvalue weighted by Gasteiger charge is 2.36. The van der Waals surface area contributed by atoms with Crippen molar-refractivity contribution in [2.45, 2.75) is 26.3 Å². The van der Waals surface area contributed by atoms with E-state index in [9.17, 15) is 9.59 Å². The van der Waals surface area contributed by atoms with E-state index in [2.05, 4.69) is 39.5 Å². The van der Waals surface area contributed by atoms with Crippen LogP contribution >= 0.6 is 0 Å². The number of rotatable bonds is 4. The molecule has 148 valence electrons. The molecule has 0 saturated carbocycles. The number of aryl methyl sites for hydroxylation is 1. The van der Waals surface area contributed by atoms with Gasteiger partial charge >= 0.3 is 0 Å². The average molecular weight is 388 g/mol. The third-order valence-electron chi connectivity index (χ3n) is 6.16. The lowest BCUT2D eigenvalue weighted by Gasteiger charge is -2.33. The van der Waals surface area contributed by atoms with Gasteiger partial charge in [0.2, 0.25) is 0 Å². The van der Waals surface area contributed by atoms with Crippen molar-refractivity contribution < 1.29 is 9.59 Å². The molecule has 2 aliphatic rings. The van der Waals surface area contributed by atoms with E-state index in [4.69, 9.17) is 0 Å². The number of benzene rings is 1. The summed E-state index contributed by atoms with van der Waals surface area (Å²) in [7, 11) is 0. The van der Waals surface area contributed by atoms with Gasteiger partial charge < -0.3 is 4.40 Å². The zero-order chi connectivity index (χ0) is 20.0. The molecule has 0 spiro atoms. The lowest BCUT2D eigenvalue weighted by molar-refractivity contribution is 0.0596. The number of hydrogen-bond donors (Lipinski definition) is 0. The fourth-order valence-electron chi connectivity index (χ4n) is 4.47. The largest absolute Gasteiger partial charge is 0.303 e. The van der Waals surface area contributed by atoms with Gasteiger partial charge in [-0.05, 0) is 68.6 Å². The predicted octanol–water partition coefficient (Wildman–Crippen LogP) is 3.15. The van der Waals surface area contributed by atoms with Crippen LogP contribution in [-0.4, -0.2) is 50.6 Å². The number of nitrogens with zero attached hydrogens (tertiary/aromatic N) is 4. The van der Waals surface area contributed by atoms with Crippen molar-refractivity contribution in [1.29, 1.82) is 0 Å². The van der Waals surface area contributed by atoms with Crippen LogP contribution in [-0.2, 0) is 6.54 Å². The zero-order valence-corrected chi connectivity index (χ0v) is 16.5. The minimum atomic E-state index is -0.144. The number of piperidine rings is 1. The minimum Gasteiger partial charge on any atom is -0.303 e. The molecule has 3 aromatic rings. The number of likely N-dealkylation sites (tertiary alicyclic amines) is 1. The van der Waals surface area contributed by atoms with E-state index in [0.29, 0.717) is 23.6 Å². The fourth-order valence-corrected chi connectivity index (χ4v) is 4.47. The number of aromatic nitrogens is 2. The number of amides is 2. The van der Waals surface area contributed by atoms with Crippen LogP contribution in [0, 0.1) is 12.8 Å². The molecule has 0 aliphatic carbocycles. The van der Waals surface area contributed by atoms with Crippen LogP contribution in [0.3, 0.4) is 0 Å². The van der Waals surface area contributed by atoms with Crippen molar-refractivity contribution in [1.82, 2.24) is 19.2 Å². The number of hydrogen-bond acceptors (Lipinski definition) is 4. The van der Waals surface area contributed by atoms with Gasteiger partial charge in [0, 0.05) is 19.3 Å². The lowest BCUT2D eigenvalue weighted by Crippen LogP contribution is -2.40. The zero-order valence-electron chi connectivity index (χ0n) is 16.5. The Bertz CT molecular complexity index is 1060. The van der Waals surface area contributed by atoms with Gasteiger partial charge in [-0.15, -0.1) is 0 Å². The van der Waals surface area contributed by atoms with Gasteiger partial charge in [0.15, 0.2) is 0 Å². The summed E-state index contributed by atoms with van der Waals surface area (Å²) in [6.45, 7) is 5.40. The topological polar surface area (TPSA) is 57.9 Å². The molecule has 2 aliphatic heterocycles. The Morgan fingerprint density at radius 2 is 1.72 bits per heavy atom. The molecule has 1 aromatic carbocycles. The highest BCUT2D eigenvalue weighted by Crippen LogP contribution is 2.27. The minimum absolute atomic E-state index is 0.144. The molecule has 1 saturated heterocycles. The van der Waals surface area contributed by atoms with Crippen LogP contribution in [0.15, 0.2) is 48.8 Å². The lowest BCUT2D eigenvalue weighted by atomic mass is 9.96. The Morgan fingerprint density at radius 1 is 1.03 bits per heavy atom. The van der Waals surface area contributed by atoms with E-state index >= 15 is 0 Å². The SMILES string of the molecule is Cc1ccn2c(CN3CCC(CN4C(=O)c5ccccc5C4=O)CC3)cnc2c1. The summed E-state index contributed by atoms with van der Waals surface area (Å²) in [6.07, 6.45) is 6.02. The standard InChI is InChI=1S/C23H24N4O2/c1-16-6-11-26-18(13-24-21(26)12-16)15-25-9-7-17(8-10-25)14-27-22(28)19-4-2-3-5-20(19)23(27)29/h2-6,11-13,17H,7-10,14-15H2,1H3. The van der Waals surface area contributed by atoms with Gasteiger partial charge in [-0.2, -0.15) is 0 Å². The summed E-state index contributed by atoms with van der Waals surface area (Å²) in [5.74, 6) is 0.0707. The fraction of sp³-hybridized carbons (Fsp3) is 0.348. The van der Waals surface area contributed by atoms with Crippen LogP contribution in [0.5, 0.6) is 0 Å². The van der Waals surface area contributed by atoms with E-state index < -0.39 is 0 Å². The van der Waals surface area contributed by atoms with E-state index in [1.165, 1.54) is 16.2 Å². The molecule has 6 nitrogen and oxygen atoms in total. The maximum Gasteiger partial charge on any atom is 0.261 e. The van der Waals surface area contributed by atoms with Gasteiger partial charge in [-0.25, -0.2) is 4.98 Å². The molecule has 0 radical (unpaired) electrons. The monoisotopic (exact) mass is 388 g/mol. The predicted molar refractivity (Wildman–Crippen MR) is 110 cm³/mol. The van der Waals surface area contributed by atoms with E-state index in [1.807, 2.05) is 18.3 Å². The van der Waals surface area contributed by atoms with Gasteiger partial charge in [0.25, 0.3) is 11.8 Å². The number of fused-ring (bicyclic) bond motifs is 2. The maximum absolute atomic E-state index is 12.6. The van der Waals surface area contributed by atoms with Crippen LogP contribution in [0.4, 0.5) is 0 Å². The number of carbonyl (C=O) groups is 2. The summed E-state index contributed by atoms with van der Waals surface area (Å²) in [4.78, 5) is 33.6. The molecule has 0 atom stereocenters. The molecule has 29 heavy (non-hydrogen) atoms. The van der Waals surface area contributed by atoms with Gasteiger partial charge in [-0.3, -0.25) is 19.4 Å². The third kappa shape index (κ3) is 3.23. The van der Waals surface area contributed by atoms with E-state index in [-0.39, 0.29) is 11.8 Å². The molecular weight excluding hydrogens is 364 g/mol. The summed E-state index contributed by atoms with van der Waals surface area (Å²) in [6, 6.07) is 11.3. The van der Waals surface area contributed by atoms with Crippen LogP contribution in [0.2, 0.25) is 0 Å². The highest BCUT2D eigenvalue weighted by molar-refractivity contribution is 6.21. The maximum atomic E-state index is 12.6. The number of imidazole rings is 1. The van der Waals surface area contributed by atoms with Gasteiger partial charge in [-0.1, -0.05) is 12.1 Å². The Labute approximate surface area is 169 Å². The first-order valence-electron chi connectivity index (χ1n) is 10.2. The summed E-state index contributed by atoms with van der Waals surface area (Å²) < 4.78 is 2.15. The average Bonchev–Trinajstić information content (AvgIpc) is 3.23. The van der Waals surface area contributed by atoms with Crippen molar-refractivity contribution in [3.63, 3.8) is 0 Å². The van der Waals surface area contributed by atoms with Crippen molar-refractivity contribution in [3.05, 3.63) is 71.2 Å². The van der Waals surface area contributed by atoms with Gasteiger partial charge in [0.1, 0.15) is 5.65 Å². The second kappa shape index (κ2) is 7.12. The Balaban J connectivity index is 1.20. The Kier molecular flexibility index (Phi) is 4.43. The van der Waals surface area contributed by atoms with Crippen molar-refractivity contribution in [3.8, 4) is 0 Å². The van der Waals surface area contributed by atoms with Gasteiger partial charge in [0.05, 0.1) is 23.0 Å². The Morgan fingerprint density at radius 3 is 2.41 bits per heavy atom. The molecule has 0 bridgehead atoms. The number of carbonyl (C=O) groups excluding carboxylic acids is 2. The Hall–Kier alpha value is -2.99. The molecule has 0 N–H and O–H groups in total. The van der Waals surface area contributed by atoms with E-state index in [0.717, 1.165) is 38.1 Å². The number of imide groups is 1. The normalized spacial score (nSPS) is 18.0. The van der Waals surface area contributed by atoms with E-state index in [1.54, 1.807) is 12.1 Å². The van der Waals surface area contributed by atoms with Crippen molar-refractivity contribution in [2.75, 3.05) is 19.6 Å². The molecule has 6 heteroatoms. The summed E-state index contributed by atoms with van der Waals surface area (Å²) in [5.41, 5.74) is 4.47. The first-order chi connectivity index (χ1) is 14.1. The summed E-state index contributed by atoms with van der Waals surface area (Å²) >= 11 is 0. The molecular formula is C23H24N4O2. The molecule has 0 unspecified atom stereocenters. The number of pyridine rings is 1. The summed E-state index contributed by atoms with van der Waals surface area (Å²) in [5, 5.41) is 0.